The van der Waals surface area contributed by atoms with Crippen molar-refractivity contribution in [3.05, 3.63) is 32.7 Å². The van der Waals surface area contributed by atoms with Gasteiger partial charge in [0.1, 0.15) is 6.04 Å². The number of halogens is 2. The normalized spacial score (nSPS) is 11.7. The van der Waals surface area contributed by atoms with Crippen LogP contribution in [-0.2, 0) is 9.59 Å². The molecule has 0 saturated heterocycles. The van der Waals surface area contributed by atoms with E-state index in [0.717, 1.165) is 4.47 Å². The van der Waals surface area contributed by atoms with Crippen LogP contribution in [0.5, 0.6) is 0 Å². The summed E-state index contributed by atoms with van der Waals surface area (Å²) in [6.45, 7) is 0. The number of aliphatic carboxylic acids is 2. The fourth-order valence-electron chi connectivity index (χ4n) is 1.43. The van der Waals surface area contributed by atoms with Gasteiger partial charge in [-0.25, -0.2) is 4.79 Å². The maximum atomic E-state index is 12.0. The molecule has 108 valence electrons. The minimum Gasteiger partial charge on any atom is -0.481 e. The van der Waals surface area contributed by atoms with Crippen LogP contribution in [-0.4, -0.2) is 34.1 Å². The first-order valence-electron chi connectivity index (χ1n) is 5.51. The van der Waals surface area contributed by atoms with Crippen molar-refractivity contribution in [3.8, 4) is 0 Å². The molecular formula is C12H11Br2NO5. The molecule has 0 spiro atoms. The van der Waals surface area contributed by atoms with Crippen LogP contribution in [0, 0.1) is 0 Å². The van der Waals surface area contributed by atoms with Crippen LogP contribution < -0.4 is 5.32 Å². The van der Waals surface area contributed by atoms with E-state index in [1.165, 1.54) is 6.07 Å². The summed E-state index contributed by atoms with van der Waals surface area (Å²) >= 11 is 6.44. The SMILES string of the molecule is O=C(O)CCC(NC(=O)c1ccc(Br)cc1Br)C(=O)O. The molecule has 1 atom stereocenters. The monoisotopic (exact) mass is 407 g/mol. The third kappa shape index (κ3) is 4.93. The summed E-state index contributed by atoms with van der Waals surface area (Å²) in [4.78, 5) is 33.4. The second-order valence-corrected chi connectivity index (χ2v) is 5.69. The van der Waals surface area contributed by atoms with Crippen LogP contribution >= 0.6 is 31.9 Å². The topological polar surface area (TPSA) is 104 Å². The fraction of sp³-hybridized carbons (Fsp3) is 0.250. The number of carboxylic acids is 2. The van der Waals surface area contributed by atoms with Crippen molar-refractivity contribution in [2.24, 2.45) is 0 Å². The quantitative estimate of drug-likeness (QED) is 0.669. The van der Waals surface area contributed by atoms with E-state index in [2.05, 4.69) is 37.2 Å². The molecular weight excluding hydrogens is 398 g/mol. The Morgan fingerprint density at radius 2 is 1.85 bits per heavy atom. The van der Waals surface area contributed by atoms with Gasteiger partial charge in [0.15, 0.2) is 0 Å². The Kier molecular flexibility index (Phi) is 6.15. The molecule has 1 unspecified atom stereocenters. The molecule has 20 heavy (non-hydrogen) atoms. The predicted octanol–water partition coefficient (Wildman–Crippen LogP) is 2.26. The minimum atomic E-state index is -1.27. The van der Waals surface area contributed by atoms with Gasteiger partial charge in [0.25, 0.3) is 5.91 Å². The van der Waals surface area contributed by atoms with E-state index in [9.17, 15) is 14.4 Å². The maximum Gasteiger partial charge on any atom is 0.326 e. The maximum absolute atomic E-state index is 12.0. The summed E-state index contributed by atoms with van der Waals surface area (Å²) in [6, 6.07) is 3.59. The Labute approximate surface area is 131 Å². The van der Waals surface area contributed by atoms with Crippen LogP contribution in [0.4, 0.5) is 0 Å². The van der Waals surface area contributed by atoms with Gasteiger partial charge < -0.3 is 15.5 Å². The van der Waals surface area contributed by atoms with Crippen molar-refractivity contribution in [1.82, 2.24) is 5.32 Å². The largest absolute Gasteiger partial charge is 0.481 e. The molecule has 0 aromatic heterocycles. The first-order chi connectivity index (χ1) is 9.31. The lowest BCUT2D eigenvalue weighted by molar-refractivity contribution is -0.140. The molecule has 0 saturated carbocycles. The molecule has 6 nitrogen and oxygen atoms in total. The third-order valence-electron chi connectivity index (χ3n) is 2.43. The molecule has 1 amide bonds. The van der Waals surface area contributed by atoms with Gasteiger partial charge in [0, 0.05) is 15.4 Å². The fourth-order valence-corrected chi connectivity index (χ4v) is 2.66. The summed E-state index contributed by atoms with van der Waals surface area (Å²) in [5.41, 5.74) is 0.273. The molecule has 8 heteroatoms. The van der Waals surface area contributed by atoms with Gasteiger partial charge in [-0.15, -0.1) is 0 Å². The van der Waals surface area contributed by atoms with Crippen LogP contribution in [0.25, 0.3) is 0 Å². The molecule has 0 fully saturated rings. The van der Waals surface area contributed by atoms with Crippen molar-refractivity contribution in [1.29, 1.82) is 0 Å². The average Bonchev–Trinajstić information content (AvgIpc) is 2.33. The highest BCUT2D eigenvalue weighted by Gasteiger charge is 2.22. The first kappa shape index (κ1) is 16.6. The summed E-state index contributed by atoms with van der Waals surface area (Å²) < 4.78 is 1.27. The summed E-state index contributed by atoms with van der Waals surface area (Å²) in [5.74, 6) is -2.97. The standard InChI is InChI=1S/C12H11Br2NO5/c13-6-1-2-7(8(14)5-6)11(18)15-9(12(19)20)3-4-10(16)17/h1-2,5,9H,3-4H2,(H,15,18)(H,16,17)(H,19,20). The van der Waals surface area contributed by atoms with E-state index >= 15 is 0 Å². The van der Waals surface area contributed by atoms with Gasteiger partial charge >= 0.3 is 11.9 Å². The molecule has 0 bridgehead atoms. The Bertz CT molecular complexity index is 547. The van der Waals surface area contributed by atoms with Gasteiger partial charge in [-0.3, -0.25) is 9.59 Å². The lowest BCUT2D eigenvalue weighted by Crippen LogP contribution is -2.41. The van der Waals surface area contributed by atoms with Crippen LogP contribution in [0.3, 0.4) is 0 Å². The van der Waals surface area contributed by atoms with Gasteiger partial charge in [0.2, 0.25) is 0 Å². The molecule has 1 rings (SSSR count). The molecule has 0 aliphatic carbocycles. The van der Waals surface area contributed by atoms with Crippen LogP contribution in [0.15, 0.2) is 27.1 Å². The van der Waals surface area contributed by atoms with E-state index < -0.39 is 23.9 Å². The highest BCUT2D eigenvalue weighted by Crippen LogP contribution is 2.22. The number of carbonyl (C=O) groups is 3. The molecule has 0 heterocycles. The molecule has 0 aliphatic heterocycles. The zero-order valence-corrected chi connectivity index (χ0v) is 13.3. The van der Waals surface area contributed by atoms with Crippen LogP contribution in [0.2, 0.25) is 0 Å². The zero-order valence-electron chi connectivity index (χ0n) is 10.1. The van der Waals surface area contributed by atoms with Crippen LogP contribution in [0.1, 0.15) is 23.2 Å². The highest BCUT2D eigenvalue weighted by molar-refractivity contribution is 9.11. The van der Waals surface area contributed by atoms with Crippen molar-refractivity contribution in [2.75, 3.05) is 0 Å². The minimum absolute atomic E-state index is 0.176. The Balaban J connectivity index is 2.80. The number of nitrogens with one attached hydrogen (secondary N) is 1. The number of rotatable bonds is 6. The summed E-state index contributed by atoms with van der Waals surface area (Å²) in [7, 11) is 0. The molecule has 3 N–H and O–H groups in total. The number of amides is 1. The van der Waals surface area contributed by atoms with Crippen molar-refractivity contribution < 1.29 is 24.6 Å². The highest BCUT2D eigenvalue weighted by atomic mass is 79.9. The summed E-state index contributed by atoms with van der Waals surface area (Å²) in [5, 5.41) is 19.8. The van der Waals surface area contributed by atoms with E-state index in [1.807, 2.05) is 0 Å². The van der Waals surface area contributed by atoms with Crippen molar-refractivity contribution in [2.45, 2.75) is 18.9 Å². The number of hydrogen-bond acceptors (Lipinski definition) is 3. The van der Waals surface area contributed by atoms with Gasteiger partial charge in [0.05, 0.1) is 5.56 Å². The van der Waals surface area contributed by atoms with E-state index in [1.54, 1.807) is 12.1 Å². The molecule has 1 aromatic rings. The second kappa shape index (κ2) is 7.39. The smallest absolute Gasteiger partial charge is 0.326 e. The Morgan fingerprint density at radius 3 is 2.35 bits per heavy atom. The first-order valence-corrected chi connectivity index (χ1v) is 7.10. The zero-order chi connectivity index (χ0) is 15.3. The number of benzene rings is 1. The van der Waals surface area contributed by atoms with Gasteiger partial charge in [-0.1, -0.05) is 15.9 Å². The summed E-state index contributed by atoms with van der Waals surface area (Å²) in [6.07, 6.45) is -0.511. The van der Waals surface area contributed by atoms with Crippen molar-refractivity contribution >= 4 is 49.7 Å². The average molecular weight is 409 g/mol. The Morgan fingerprint density at radius 1 is 1.20 bits per heavy atom. The van der Waals surface area contributed by atoms with E-state index in [0.29, 0.717) is 4.47 Å². The molecule has 0 radical (unpaired) electrons. The number of carbonyl (C=O) groups excluding carboxylic acids is 1. The number of carboxylic acid groups (broad SMARTS) is 2. The van der Waals surface area contributed by atoms with Crippen molar-refractivity contribution in [3.63, 3.8) is 0 Å². The molecule has 1 aromatic carbocycles. The van der Waals surface area contributed by atoms with E-state index in [4.69, 9.17) is 10.2 Å². The second-order valence-electron chi connectivity index (χ2n) is 3.92. The number of hydrogen-bond donors (Lipinski definition) is 3. The Hall–Kier alpha value is -1.41. The lowest BCUT2D eigenvalue weighted by Gasteiger charge is -2.14. The predicted molar refractivity (Wildman–Crippen MR) is 77.6 cm³/mol. The lowest BCUT2D eigenvalue weighted by atomic mass is 10.1. The third-order valence-corrected chi connectivity index (χ3v) is 3.58. The van der Waals surface area contributed by atoms with E-state index in [-0.39, 0.29) is 18.4 Å². The van der Waals surface area contributed by atoms with Gasteiger partial charge in [-0.2, -0.15) is 0 Å². The van der Waals surface area contributed by atoms with Gasteiger partial charge in [-0.05, 0) is 40.5 Å². The molecule has 0 aliphatic rings.